The smallest absolute Gasteiger partial charge is 0.462 e. The lowest BCUT2D eigenvalue weighted by atomic mass is 10.0. The van der Waals surface area contributed by atoms with Crippen LogP contribution in [0.25, 0.3) is 0 Å². The van der Waals surface area contributed by atoms with Gasteiger partial charge < -0.3 is 18.9 Å². The van der Waals surface area contributed by atoms with Crippen LogP contribution in [0, 0.1) is 0 Å². The highest BCUT2D eigenvalue weighted by molar-refractivity contribution is 7.47. The Morgan fingerprint density at radius 2 is 0.606 bits per heavy atom. The fraction of sp³-hybridized carbons (Fsp3) is 0.786. The molecule has 0 aromatic carbocycles. The van der Waals surface area contributed by atoms with Crippen LogP contribution in [0.15, 0.2) is 97.2 Å². The third kappa shape index (κ3) is 77.9. The van der Waals surface area contributed by atoms with Crippen LogP contribution in [0.1, 0.15) is 373 Å². The number of quaternary nitrogens is 1. The molecule has 2 unspecified atom stereocenters. The number of nitrogens with zero attached hydrogens (tertiary/aromatic N) is 1. The van der Waals surface area contributed by atoms with Crippen molar-refractivity contribution in [3.8, 4) is 0 Å². The van der Waals surface area contributed by atoms with Crippen molar-refractivity contribution in [2.45, 2.75) is 380 Å². The monoisotopic (exact) mass is 1340 g/mol. The van der Waals surface area contributed by atoms with Gasteiger partial charge in [0.25, 0.3) is 0 Å². The van der Waals surface area contributed by atoms with E-state index in [4.69, 9.17) is 18.5 Å². The quantitative estimate of drug-likeness (QED) is 0.0211. The number of phosphoric acid groups is 1. The number of rotatable bonds is 74. The summed E-state index contributed by atoms with van der Waals surface area (Å²) in [5.74, 6) is -0.785. The summed E-state index contributed by atoms with van der Waals surface area (Å²) in [5.41, 5.74) is 0. The van der Waals surface area contributed by atoms with Crippen LogP contribution in [-0.4, -0.2) is 74.9 Å². The van der Waals surface area contributed by atoms with E-state index in [0.717, 1.165) is 83.5 Å². The van der Waals surface area contributed by atoms with E-state index in [0.29, 0.717) is 23.9 Å². The summed E-state index contributed by atoms with van der Waals surface area (Å²) >= 11 is 0. The van der Waals surface area contributed by atoms with E-state index in [9.17, 15) is 19.0 Å². The molecule has 0 aliphatic carbocycles. The van der Waals surface area contributed by atoms with Gasteiger partial charge in [0.05, 0.1) is 27.7 Å². The van der Waals surface area contributed by atoms with E-state index >= 15 is 0 Å². The molecule has 0 aliphatic heterocycles. The van der Waals surface area contributed by atoms with Gasteiger partial charge in [0.2, 0.25) is 0 Å². The number of hydrogen-bond acceptors (Lipinski definition) is 7. The Labute approximate surface area is 583 Å². The fourth-order valence-electron chi connectivity index (χ4n) is 11.5. The second-order valence-corrected chi connectivity index (χ2v) is 29.5. The minimum absolute atomic E-state index is 0.0304. The summed E-state index contributed by atoms with van der Waals surface area (Å²) in [5, 5.41) is 0. The number of carbonyl (C=O) groups excluding carboxylic acids is 2. The van der Waals surface area contributed by atoms with Crippen LogP contribution in [0.3, 0.4) is 0 Å². The van der Waals surface area contributed by atoms with Crippen molar-refractivity contribution in [2.24, 2.45) is 0 Å². The zero-order chi connectivity index (χ0) is 68.3. The summed E-state index contributed by atoms with van der Waals surface area (Å²) in [6.45, 7) is 4.35. The van der Waals surface area contributed by atoms with E-state index < -0.39 is 26.5 Å². The molecule has 0 fully saturated rings. The standard InChI is InChI=1S/C84H152NO8P/c1-6-8-10-12-14-16-18-20-22-24-26-28-30-32-34-36-37-38-39-40-41-42-43-44-45-46-47-49-50-52-54-56-58-60-62-64-66-68-70-72-74-76-83(86)90-80-82(81-92-94(88,89)91-79-78-85(3,4)5)93-84(87)77-75-73-71-69-67-65-63-61-59-57-55-53-51-48-35-33-31-29-27-25-23-21-19-17-15-13-11-9-7-2/h9,11,15,17-18,20-21,23-24,26-27,29-30,32-33,35,82H,6-8,10,12-14,16,19,22,25,28,31,34,36-81H2,1-5H3/p+1/b11-9-,17-15-,20-18-,23-21-,26-24-,29-27-,32-30-,35-33-. The van der Waals surface area contributed by atoms with Gasteiger partial charge in [-0.15, -0.1) is 0 Å². The second kappa shape index (κ2) is 74.2. The van der Waals surface area contributed by atoms with Crippen LogP contribution in [0.4, 0.5) is 0 Å². The predicted octanol–water partition coefficient (Wildman–Crippen LogP) is 26.6. The van der Waals surface area contributed by atoms with Crippen molar-refractivity contribution in [3.05, 3.63) is 97.2 Å². The Morgan fingerprint density at radius 1 is 0.340 bits per heavy atom. The third-order valence-electron chi connectivity index (χ3n) is 17.6. The maximum absolute atomic E-state index is 12.9. The number of allylic oxidation sites excluding steroid dienone is 16. The first-order valence-electron chi connectivity index (χ1n) is 40.0. The van der Waals surface area contributed by atoms with Gasteiger partial charge in [-0.2, -0.15) is 0 Å². The van der Waals surface area contributed by atoms with Gasteiger partial charge in [-0.05, 0) is 96.3 Å². The van der Waals surface area contributed by atoms with E-state index in [-0.39, 0.29) is 25.6 Å². The molecule has 0 radical (unpaired) electrons. The van der Waals surface area contributed by atoms with Gasteiger partial charge in [-0.25, -0.2) is 4.57 Å². The van der Waals surface area contributed by atoms with Crippen molar-refractivity contribution >= 4 is 19.8 Å². The Morgan fingerprint density at radius 3 is 0.904 bits per heavy atom. The minimum Gasteiger partial charge on any atom is -0.462 e. The summed E-state index contributed by atoms with van der Waals surface area (Å²) < 4.78 is 34.8. The van der Waals surface area contributed by atoms with Crippen molar-refractivity contribution in [1.29, 1.82) is 0 Å². The molecule has 546 valence electrons. The van der Waals surface area contributed by atoms with Gasteiger partial charge in [0.15, 0.2) is 6.10 Å². The first kappa shape index (κ1) is 90.9. The predicted molar refractivity (Wildman–Crippen MR) is 408 cm³/mol. The molecule has 0 aliphatic rings. The van der Waals surface area contributed by atoms with Crippen LogP contribution in [0.2, 0.25) is 0 Å². The first-order valence-corrected chi connectivity index (χ1v) is 41.5. The molecule has 9 nitrogen and oxygen atoms in total. The van der Waals surface area contributed by atoms with Gasteiger partial charge in [-0.1, -0.05) is 361 Å². The summed E-state index contributed by atoms with van der Waals surface area (Å²) in [7, 11) is 1.49. The van der Waals surface area contributed by atoms with E-state index in [2.05, 4.69) is 111 Å². The summed E-state index contributed by atoms with van der Waals surface area (Å²) in [4.78, 5) is 36.0. The lowest BCUT2D eigenvalue weighted by molar-refractivity contribution is -0.870. The van der Waals surface area contributed by atoms with Gasteiger partial charge in [0.1, 0.15) is 19.8 Å². The molecule has 0 saturated heterocycles. The second-order valence-electron chi connectivity index (χ2n) is 28.1. The normalized spacial score (nSPS) is 13.6. The number of hydrogen-bond donors (Lipinski definition) is 1. The number of ether oxygens (including phenoxy) is 2. The molecule has 0 rings (SSSR count). The summed E-state index contributed by atoms with van der Waals surface area (Å²) in [6, 6.07) is 0. The van der Waals surface area contributed by atoms with Crippen molar-refractivity contribution < 1.29 is 42.1 Å². The Bertz CT molecular complexity index is 1910. The lowest BCUT2D eigenvalue weighted by Gasteiger charge is -2.24. The maximum atomic E-state index is 12.9. The van der Waals surface area contributed by atoms with Crippen molar-refractivity contribution in [2.75, 3.05) is 47.5 Å². The zero-order valence-corrected chi connectivity index (χ0v) is 63.3. The highest BCUT2D eigenvalue weighted by atomic mass is 31.2. The first-order chi connectivity index (χ1) is 46.0. The zero-order valence-electron chi connectivity index (χ0n) is 62.4. The van der Waals surface area contributed by atoms with Crippen molar-refractivity contribution in [3.63, 3.8) is 0 Å². The Hall–Kier alpha value is -3.07. The maximum Gasteiger partial charge on any atom is 0.472 e. The number of phosphoric ester groups is 1. The van der Waals surface area contributed by atoms with E-state index in [1.165, 1.54) is 257 Å². The van der Waals surface area contributed by atoms with Crippen molar-refractivity contribution in [1.82, 2.24) is 0 Å². The molecule has 0 saturated carbocycles. The molecule has 1 N–H and O–H groups in total. The van der Waals surface area contributed by atoms with Gasteiger partial charge in [-0.3, -0.25) is 18.6 Å². The Balaban J connectivity index is 3.91. The third-order valence-corrected chi connectivity index (χ3v) is 18.6. The average Bonchev–Trinajstić information content (AvgIpc) is 1.65. The number of likely N-dealkylation sites (N-methyl/N-ethyl adjacent to an activating group) is 1. The molecule has 0 spiro atoms. The molecule has 0 bridgehead atoms. The molecule has 0 amide bonds. The van der Waals surface area contributed by atoms with Crippen LogP contribution in [0.5, 0.6) is 0 Å². The molecule has 0 aromatic heterocycles. The number of carbonyl (C=O) groups is 2. The number of unbranched alkanes of at least 4 members (excludes halogenated alkanes) is 44. The minimum atomic E-state index is -4.40. The highest BCUT2D eigenvalue weighted by Gasteiger charge is 2.27. The largest absolute Gasteiger partial charge is 0.472 e. The lowest BCUT2D eigenvalue weighted by Crippen LogP contribution is -2.37. The van der Waals surface area contributed by atoms with Crippen LogP contribution < -0.4 is 0 Å². The highest BCUT2D eigenvalue weighted by Crippen LogP contribution is 2.43. The number of esters is 2. The van der Waals surface area contributed by atoms with Gasteiger partial charge in [0, 0.05) is 12.8 Å². The Kier molecular flexibility index (Phi) is 71.7. The van der Waals surface area contributed by atoms with Crippen LogP contribution >= 0.6 is 7.82 Å². The molecular formula is C84H153NO8P+. The molecule has 94 heavy (non-hydrogen) atoms. The average molecular weight is 1340 g/mol. The molecule has 2 atom stereocenters. The van der Waals surface area contributed by atoms with Crippen LogP contribution in [-0.2, 0) is 32.7 Å². The fourth-order valence-corrected chi connectivity index (χ4v) is 12.3. The molecule has 0 heterocycles. The van der Waals surface area contributed by atoms with E-state index in [1.54, 1.807) is 0 Å². The van der Waals surface area contributed by atoms with Gasteiger partial charge >= 0.3 is 19.8 Å². The van der Waals surface area contributed by atoms with E-state index in [1.807, 2.05) is 21.1 Å². The molecular weight excluding hydrogens is 1180 g/mol. The molecule has 10 heteroatoms. The summed E-state index contributed by atoms with van der Waals surface area (Å²) in [6.07, 6.45) is 104. The molecule has 0 aromatic rings. The SMILES string of the molecule is CC/C=C\C/C=C\C/C=C\C/C=C\C/C=C\CCCCCCCCCCCCCCCC(=O)OC(COC(=O)CCCCCCCCCCCCCCCCCCCCCCCCCCCC/C=C\C/C=C\C/C=C\CCCCCCC)COP(=O)(O)OCC[N+](C)(C)C. The topological polar surface area (TPSA) is 108 Å².